The van der Waals surface area contributed by atoms with Crippen molar-refractivity contribution in [1.82, 2.24) is 14.9 Å². The number of rotatable bonds is 7. The van der Waals surface area contributed by atoms with Crippen molar-refractivity contribution in [2.45, 2.75) is 19.9 Å². The molecule has 6 nitrogen and oxygen atoms in total. The lowest BCUT2D eigenvalue weighted by molar-refractivity contribution is -0.117. The van der Waals surface area contributed by atoms with Crippen LogP contribution in [0, 0.1) is 0 Å². The first kappa shape index (κ1) is 20.3. The van der Waals surface area contributed by atoms with Crippen molar-refractivity contribution in [3.05, 3.63) is 68.7 Å². The van der Waals surface area contributed by atoms with Crippen LogP contribution < -0.4 is 10.9 Å². The number of anilines is 1. The van der Waals surface area contributed by atoms with E-state index < -0.39 is 0 Å². The van der Waals surface area contributed by atoms with Crippen LogP contribution in [0.5, 0.6) is 0 Å². The molecule has 0 bridgehead atoms. The Hall–Kier alpha value is -2.41. The van der Waals surface area contributed by atoms with E-state index in [1.54, 1.807) is 42.5 Å². The largest absolute Gasteiger partial charge is 0.325 e. The maximum Gasteiger partial charge on any atom is 0.258 e. The highest BCUT2D eigenvalue weighted by Crippen LogP contribution is 2.16. The fourth-order valence-electron chi connectivity index (χ4n) is 2.95. The molecule has 0 radical (unpaired) electrons. The summed E-state index contributed by atoms with van der Waals surface area (Å²) in [7, 11) is 0. The molecule has 3 aromatic rings. The third-order valence-electron chi connectivity index (χ3n) is 4.11. The number of halogens is 2. The molecule has 0 atom stereocenters. The third kappa shape index (κ3) is 5.32. The van der Waals surface area contributed by atoms with Crippen LogP contribution in [-0.4, -0.2) is 33.9 Å². The number of hydrogen-bond donors (Lipinski definition) is 2. The monoisotopic (exact) mass is 418 g/mol. The quantitative estimate of drug-likeness (QED) is 0.605. The standard InChI is InChI=1S/C20H20Cl2N4O2/c1-2-8-26(12-19(27)23-15-5-3-4-13(21)9-15)11-18-24-17-10-14(22)6-7-16(17)20(28)25-18/h3-7,9-10H,2,8,11-12H2,1H3,(H,23,27)(H,24,25,28). The lowest BCUT2D eigenvalue weighted by Crippen LogP contribution is -2.34. The van der Waals surface area contributed by atoms with Crippen LogP contribution in [0.2, 0.25) is 10.0 Å². The topological polar surface area (TPSA) is 78.1 Å². The number of H-pyrrole nitrogens is 1. The van der Waals surface area contributed by atoms with Gasteiger partial charge >= 0.3 is 0 Å². The Bertz CT molecular complexity index is 1050. The van der Waals surface area contributed by atoms with E-state index in [-0.39, 0.29) is 18.0 Å². The Kier molecular flexibility index (Phi) is 6.67. The number of nitrogens with one attached hydrogen (secondary N) is 2. The summed E-state index contributed by atoms with van der Waals surface area (Å²) in [5.74, 6) is 0.325. The summed E-state index contributed by atoms with van der Waals surface area (Å²) in [6.45, 7) is 3.21. The van der Waals surface area contributed by atoms with Gasteiger partial charge in [-0.3, -0.25) is 14.5 Å². The van der Waals surface area contributed by atoms with Crippen LogP contribution in [0.25, 0.3) is 10.9 Å². The minimum absolute atomic E-state index is 0.164. The van der Waals surface area contributed by atoms with Gasteiger partial charge in [0.25, 0.3) is 5.56 Å². The molecule has 2 aromatic carbocycles. The molecular weight excluding hydrogens is 399 g/mol. The Morgan fingerprint density at radius 3 is 2.71 bits per heavy atom. The van der Waals surface area contributed by atoms with E-state index in [9.17, 15) is 9.59 Å². The van der Waals surface area contributed by atoms with Gasteiger partial charge in [-0.25, -0.2) is 4.98 Å². The van der Waals surface area contributed by atoms with Crippen LogP contribution in [-0.2, 0) is 11.3 Å². The van der Waals surface area contributed by atoms with Crippen molar-refractivity contribution >= 4 is 45.7 Å². The van der Waals surface area contributed by atoms with Gasteiger partial charge in [0.2, 0.25) is 5.91 Å². The Balaban J connectivity index is 1.74. The average molecular weight is 419 g/mol. The number of carbonyl (C=O) groups is 1. The molecule has 8 heteroatoms. The molecule has 2 N–H and O–H groups in total. The molecule has 0 aliphatic rings. The number of carbonyl (C=O) groups excluding carboxylic acids is 1. The van der Waals surface area contributed by atoms with E-state index in [0.29, 0.717) is 45.5 Å². The Morgan fingerprint density at radius 1 is 1.18 bits per heavy atom. The second-order valence-electron chi connectivity index (χ2n) is 6.44. The van der Waals surface area contributed by atoms with Crippen LogP contribution >= 0.6 is 23.2 Å². The second-order valence-corrected chi connectivity index (χ2v) is 7.32. The molecule has 0 saturated carbocycles. The van der Waals surface area contributed by atoms with Gasteiger partial charge in [0.15, 0.2) is 0 Å². The molecule has 0 aliphatic carbocycles. The van der Waals surface area contributed by atoms with Gasteiger partial charge in [0, 0.05) is 15.7 Å². The molecule has 1 heterocycles. The number of fused-ring (bicyclic) bond motifs is 1. The zero-order valence-corrected chi connectivity index (χ0v) is 16.8. The Morgan fingerprint density at radius 2 is 1.96 bits per heavy atom. The van der Waals surface area contributed by atoms with Gasteiger partial charge in [-0.1, -0.05) is 36.2 Å². The zero-order chi connectivity index (χ0) is 20.1. The summed E-state index contributed by atoms with van der Waals surface area (Å²) < 4.78 is 0. The highest BCUT2D eigenvalue weighted by atomic mass is 35.5. The number of nitrogens with zero attached hydrogens (tertiary/aromatic N) is 2. The predicted molar refractivity (Wildman–Crippen MR) is 113 cm³/mol. The molecule has 3 rings (SSSR count). The molecule has 146 valence electrons. The van der Waals surface area contributed by atoms with Gasteiger partial charge in [-0.05, 0) is 49.4 Å². The summed E-state index contributed by atoms with van der Waals surface area (Å²) in [5.41, 5.74) is 0.948. The summed E-state index contributed by atoms with van der Waals surface area (Å²) in [6.07, 6.45) is 0.855. The summed E-state index contributed by atoms with van der Waals surface area (Å²) in [4.78, 5) is 33.9. The maximum absolute atomic E-state index is 12.4. The average Bonchev–Trinajstić information content (AvgIpc) is 2.61. The van der Waals surface area contributed by atoms with Crippen molar-refractivity contribution in [1.29, 1.82) is 0 Å². The summed E-state index contributed by atoms with van der Waals surface area (Å²) >= 11 is 12.0. The number of amides is 1. The van der Waals surface area contributed by atoms with Crippen molar-refractivity contribution < 1.29 is 4.79 Å². The van der Waals surface area contributed by atoms with Gasteiger partial charge in [-0.15, -0.1) is 0 Å². The van der Waals surface area contributed by atoms with E-state index in [1.165, 1.54) is 0 Å². The van der Waals surface area contributed by atoms with Crippen LogP contribution in [0.4, 0.5) is 5.69 Å². The van der Waals surface area contributed by atoms with Crippen LogP contribution in [0.15, 0.2) is 47.3 Å². The highest BCUT2D eigenvalue weighted by Gasteiger charge is 2.14. The van der Waals surface area contributed by atoms with E-state index in [0.717, 1.165) is 6.42 Å². The van der Waals surface area contributed by atoms with Gasteiger partial charge in [-0.2, -0.15) is 0 Å². The normalized spacial score (nSPS) is 11.1. The number of hydrogen-bond acceptors (Lipinski definition) is 4. The molecular formula is C20H20Cl2N4O2. The molecule has 1 aromatic heterocycles. The second kappa shape index (κ2) is 9.19. The smallest absolute Gasteiger partial charge is 0.258 e. The SMILES string of the molecule is CCCN(CC(=O)Nc1cccc(Cl)c1)Cc1nc2cc(Cl)ccc2c(=O)[nH]1. The van der Waals surface area contributed by atoms with Gasteiger partial charge in [0.1, 0.15) is 5.82 Å². The van der Waals surface area contributed by atoms with Crippen molar-refractivity contribution in [2.75, 3.05) is 18.4 Å². The first-order valence-corrected chi connectivity index (χ1v) is 9.66. The first-order chi connectivity index (χ1) is 13.4. The number of benzene rings is 2. The molecule has 1 amide bonds. The van der Waals surface area contributed by atoms with E-state index >= 15 is 0 Å². The van der Waals surface area contributed by atoms with E-state index in [4.69, 9.17) is 23.2 Å². The fraction of sp³-hybridized carbons (Fsp3) is 0.250. The van der Waals surface area contributed by atoms with Gasteiger partial charge in [0.05, 0.1) is 24.0 Å². The van der Waals surface area contributed by atoms with E-state index in [1.807, 2.05) is 11.8 Å². The predicted octanol–water partition coefficient (Wildman–Crippen LogP) is 4.08. The fourth-order valence-corrected chi connectivity index (χ4v) is 3.30. The maximum atomic E-state index is 12.4. The van der Waals surface area contributed by atoms with Crippen molar-refractivity contribution in [3.63, 3.8) is 0 Å². The lowest BCUT2D eigenvalue weighted by Gasteiger charge is -2.20. The van der Waals surface area contributed by atoms with Crippen LogP contribution in [0.1, 0.15) is 19.2 Å². The minimum atomic E-state index is -0.225. The molecule has 0 aliphatic heterocycles. The van der Waals surface area contributed by atoms with Crippen LogP contribution in [0.3, 0.4) is 0 Å². The van der Waals surface area contributed by atoms with Crippen molar-refractivity contribution in [2.24, 2.45) is 0 Å². The molecule has 0 fully saturated rings. The highest BCUT2D eigenvalue weighted by molar-refractivity contribution is 6.31. The Labute approximate surface area is 172 Å². The molecule has 28 heavy (non-hydrogen) atoms. The molecule has 0 unspecified atom stereocenters. The third-order valence-corrected chi connectivity index (χ3v) is 4.58. The number of aromatic nitrogens is 2. The van der Waals surface area contributed by atoms with E-state index in [2.05, 4.69) is 15.3 Å². The summed E-state index contributed by atoms with van der Waals surface area (Å²) in [5, 5.41) is 4.38. The minimum Gasteiger partial charge on any atom is -0.325 e. The first-order valence-electron chi connectivity index (χ1n) is 8.91. The molecule has 0 saturated heterocycles. The zero-order valence-electron chi connectivity index (χ0n) is 15.3. The van der Waals surface area contributed by atoms with Crippen molar-refractivity contribution in [3.8, 4) is 0 Å². The number of aromatic amines is 1. The molecule has 0 spiro atoms. The lowest BCUT2D eigenvalue weighted by atomic mass is 10.2. The van der Waals surface area contributed by atoms with Gasteiger partial charge < -0.3 is 10.3 Å². The summed E-state index contributed by atoms with van der Waals surface area (Å²) in [6, 6.07) is 12.0.